The summed E-state index contributed by atoms with van der Waals surface area (Å²) in [4.78, 5) is 2.56. The van der Waals surface area contributed by atoms with E-state index in [-0.39, 0.29) is 0 Å². The molecule has 2 N–H and O–H groups in total. The predicted molar refractivity (Wildman–Crippen MR) is 76.7 cm³/mol. The molecule has 0 spiro atoms. The van der Waals surface area contributed by atoms with Crippen molar-refractivity contribution in [1.82, 2.24) is 9.47 Å². The number of fused-ring (bicyclic) bond motifs is 1. The van der Waals surface area contributed by atoms with Crippen LogP contribution in [0.2, 0.25) is 0 Å². The third-order valence-corrected chi connectivity index (χ3v) is 3.99. The Balaban J connectivity index is 1.84. The zero-order valence-electron chi connectivity index (χ0n) is 11.0. The van der Waals surface area contributed by atoms with E-state index >= 15 is 0 Å². The van der Waals surface area contributed by atoms with Crippen LogP contribution in [0, 0.1) is 0 Å². The van der Waals surface area contributed by atoms with Gasteiger partial charge >= 0.3 is 0 Å². The number of nitrogens with zero attached hydrogens (tertiary/aromatic N) is 2. The Bertz CT molecular complexity index is 550. The van der Waals surface area contributed by atoms with Crippen LogP contribution in [0.15, 0.2) is 24.4 Å². The summed E-state index contributed by atoms with van der Waals surface area (Å²) in [6.45, 7) is 3.72. The van der Waals surface area contributed by atoms with E-state index in [4.69, 9.17) is 5.73 Å². The smallest absolute Gasteiger partial charge is 0.0482 e. The van der Waals surface area contributed by atoms with Crippen molar-refractivity contribution in [2.45, 2.75) is 19.3 Å². The van der Waals surface area contributed by atoms with Gasteiger partial charge in [-0.05, 0) is 56.1 Å². The van der Waals surface area contributed by atoms with Crippen LogP contribution in [0.5, 0.6) is 0 Å². The van der Waals surface area contributed by atoms with Crippen LogP contribution in [0.3, 0.4) is 0 Å². The van der Waals surface area contributed by atoms with Gasteiger partial charge in [-0.3, -0.25) is 0 Å². The Kier molecular flexibility index (Phi) is 3.00. The van der Waals surface area contributed by atoms with Crippen LogP contribution < -0.4 is 5.73 Å². The first-order valence-electron chi connectivity index (χ1n) is 6.80. The average Bonchev–Trinajstić information content (AvgIpc) is 2.95. The van der Waals surface area contributed by atoms with Gasteiger partial charge in [-0.2, -0.15) is 0 Å². The molecule has 0 amide bonds. The fraction of sp³-hybridized carbons (Fsp3) is 0.467. The number of nitrogen functional groups attached to an aromatic ring is 1. The molecule has 0 bridgehead atoms. The van der Waals surface area contributed by atoms with Crippen LogP contribution in [0.1, 0.15) is 18.4 Å². The molecule has 0 atom stereocenters. The zero-order chi connectivity index (χ0) is 12.5. The number of aryl methyl sites for hydroxylation is 1. The largest absolute Gasteiger partial charge is 0.399 e. The van der Waals surface area contributed by atoms with Crippen LogP contribution in [0.25, 0.3) is 10.9 Å². The van der Waals surface area contributed by atoms with E-state index in [9.17, 15) is 0 Å². The average molecular weight is 243 g/mol. The molecule has 0 radical (unpaired) electrons. The molecule has 1 aliphatic rings. The lowest BCUT2D eigenvalue weighted by Crippen LogP contribution is -2.21. The Morgan fingerprint density at radius 1 is 1.22 bits per heavy atom. The maximum atomic E-state index is 5.90. The van der Waals surface area contributed by atoms with Crippen LogP contribution in [0.4, 0.5) is 5.69 Å². The van der Waals surface area contributed by atoms with Gasteiger partial charge in [0.2, 0.25) is 0 Å². The summed E-state index contributed by atoms with van der Waals surface area (Å²) in [7, 11) is 2.11. The van der Waals surface area contributed by atoms with Gasteiger partial charge in [0.15, 0.2) is 0 Å². The topological polar surface area (TPSA) is 34.2 Å². The first kappa shape index (κ1) is 11.6. The van der Waals surface area contributed by atoms with Gasteiger partial charge in [0.1, 0.15) is 0 Å². The molecule has 1 saturated heterocycles. The summed E-state index contributed by atoms with van der Waals surface area (Å²) >= 11 is 0. The van der Waals surface area contributed by atoms with Crippen molar-refractivity contribution in [2.75, 3.05) is 25.4 Å². The van der Waals surface area contributed by atoms with Crippen molar-refractivity contribution in [3.8, 4) is 0 Å². The number of likely N-dealkylation sites (tertiary alicyclic amines) is 1. The molecule has 18 heavy (non-hydrogen) atoms. The molecule has 1 aromatic carbocycles. The molecule has 2 heterocycles. The molecule has 3 nitrogen and oxygen atoms in total. The minimum Gasteiger partial charge on any atom is -0.399 e. The van der Waals surface area contributed by atoms with Gasteiger partial charge in [0.25, 0.3) is 0 Å². The van der Waals surface area contributed by atoms with E-state index in [1.165, 1.54) is 48.9 Å². The second-order valence-electron chi connectivity index (χ2n) is 5.34. The number of aromatic nitrogens is 1. The molecule has 2 aromatic rings. The van der Waals surface area contributed by atoms with Gasteiger partial charge in [0.05, 0.1) is 0 Å². The molecule has 3 rings (SSSR count). The van der Waals surface area contributed by atoms with Crippen molar-refractivity contribution in [3.63, 3.8) is 0 Å². The summed E-state index contributed by atoms with van der Waals surface area (Å²) in [5, 5.41) is 1.32. The zero-order valence-corrected chi connectivity index (χ0v) is 11.0. The molecule has 1 aliphatic heterocycles. The number of nitrogens with two attached hydrogens (primary N) is 1. The minimum atomic E-state index is 0.858. The highest BCUT2D eigenvalue weighted by atomic mass is 15.1. The van der Waals surface area contributed by atoms with E-state index in [0.29, 0.717) is 0 Å². The van der Waals surface area contributed by atoms with Gasteiger partial charge in [0, 0.05) is 36.4 Å². The Hall–Kier alpha value is -1.48. The SMILES string of the molecule is Cn1cc(CCN2CCCC2)c2cc(N)ccc21. The van der Waals surface area contributed by atoms with Gasteiger partial charge in [-0.1, -0.05) is 0 Å². The molecular formula is C15H21N3. The lowest BCUT2D eigenvalue weighted by Gasteiger charge is -2.13. The van der Waals surface area contributed by atoms with Gasteiger partial charge in [-0.15, -0.1) is 0 Å². The summed E-state index contributed by atoms with van der Waals surface area (Å²) in [6, 6.07) is 6.20. The normalized spacial score (nSPS) is 16.7. The summed E-state index contributed by atoms with van der Waals surface area (Å²) in [5.74, 6) is 0. The van der Waals surface area contributed by atoms with Crippen molar-refractivity contribution < 1.29 is 0 Å². The number of benzene rings is 1. The highest BCUT2D eigenvalue weighted by Crippen LogP contribution is 2.24. The fourth-order valence-electron chi connectivity index (χ4n) is 2.98. The first-order chi connectivity index (χ1) is 8.74. The first-order valence-corrected chi connectivity index (χ1v) is 6.80. The van der Waals surface area contributed by atoms with E-state index in [1.807, 2.05) is 6.07 Å². The van der Waals surface area contributed by atoms with Crippen LogP contribution in [-0.2, 0) is 13.5 Å². The molecular weight excluding hydrogens is 222 g/mol. The summed E-state index contributed by atoms with van der Waals surface area (Å²) < 4.78 is 2.20. The highest BCUT2D eigenvalue weighted by molar-refractivity contribution is 5.86. The van der Waals surface area contributed by atoms with Gasteiger partial charge < -0.3 is 15.2 Å². The van der Waals surface area contributed by atoms with Gasteiger partial charge in [-0.25, -0.2) is 0 Å². The number of anilines is 1. The number of hydrogen-bond donors (Lipinski definition) is 1. The second-order valence-corrected chi connectivity index (χ2v) is 5.34. The van der Waals surface area contributed by atoms with Crippen molar-refractivity contribution >= 4 is 16.6 Å². The van der Waals surface area contributed by atoms with E-state index < -0.39 is 0 Å². The lowest BCUT2D eigenvalue weighted by molar-refractivity contribution is 0.344. The minimum absolute atomic E-state index is 0.858. The fourth-order valence-corrected chi connectivity index (χ4v) is 2.98. The Morgan fingerprint density at radius 2 is 2.00 bits per heavy atom. The lowest BCUT2D eigenvalue weighted by atomic mass is 10.1. The van der Waals surface area contributed by atoms with Crippen LogP contribution in [-0.4, -0.2) is 29.1 Å². The molecule has 96 valence electrons. The van der Waals surface area contributed by atoms with Crippen molar-refractivity contribution in [2.24, 2.45) is 7.05 Å². The van der Waals surface area contributed by atoms with Crippen LogP contribution >= 0.6 is 0 Å². The monoisotopic (exact) mass is 243 g/mol. The van der Waals surface area contributed by atoms with E-state index in [1.54, 1.807) is 0 Å². The molecule has 3 heteroatoms. The van der Waals surface area contributed by atoms with Crippen molar-refractivity contribution in [1.29, 1.82) is 0 Å². The summed E-state index contributed by atoms with van der Waals surface area (Å²) in [5.41, 5.74) is 9.46. The molecule has 1 aromatic heterocycles. The Morgan fingerprint density at radius 3 is 2.78 bits per heavy atom. The highest BCUT2D eigenvalue weighted by Gasteiger charge is 2.13. The quantitative estimate of drug-likeness (QED) is 0.840. The maximum absolute atomic E-state index is 5.90. The number of hydrogen-bond acceptors (Lipinski definition) is 2. The third-order valence-electron chi connectivity index (χ3n) is 3.99. The Labute approximate surface area is 108 Å². The van der Waals surface area contributed by atoms with Crippen molar-refractivity contribution in [3.05, 3.63) is 30.0 Å². The van der Waals surface area contributed by atoms with E-state index in [2.05, 4.69) is 34.8 Å². The standard InChI is InChI=1S/C15H21N3/c1-17-11-12(6-9-18-7-2-3-8-18)14-10-13(16)4-5-15(14)17/h4-5,10-11H,2-3,6-9,16H2,1H3. The number of rotatable bonds is 3. The molecule has 0 saturated carbocycles. The van der Waals surface area contributed by atoms with E-state index in [0.717, 1.165) is 12.1 Å². The maximum Gasteiger partial charge on any atom is 0.0482 e. The second kappa shape index (κ2) is 4.65. The third kappa shape index (κ3) is 2.10. The molecule has 0 unspecified atom stereocenters. The summed E-state index contributed by atoms with van der Waals surface area (Å²) in [6.07, 6.45) is 6.10. The molecule has 1 fully saturated rings. The predicted octanol–water partition coefficient (Wildman–Crippen LogP) is 2.40. The molecule has 0 aliphatic carbocycles.